The van der Waals surface area contributed by atoms with E-state index >= 15 is 0 Å². The first-order valence-electron chi connectivity index (χ1n) is 14.3. The molecule has 6 rings (SSSR count). The highest BCUT2D eigenvalue weighted by molar-refractivity contribution is 5.83. The molecule has 0 N–H and O–H groups in total. The van der Waals surface area contributed by atoms with E-state index < -0.39 is 17.3 Å². The number of hydrogen-bond acceptors (Lipinski definition) is 5. The van der Waals surface area contributed by atoms with Crippen molar-refractivity contribution in [2.75, 3.05) is 0 Å². The van der Waals surface area contributed by atoms with Crippen LogP contribution in [0.3, 0.4) is 0 Å². The van der Waals surface area contributed by atoms with Crippen molar-refractivity contribution in [1.82, 2.24) is 14.2 Å². The number of ether oxygens (including phenoxy) is 1. The molecule has 0 spiro atoms. The molecule has 0 unspecified atom stereocenters. The Balaban J connectivity index is 1.33. The Morgan fingerprint density at radius 1 is 0.935 bits per heavy atom. The summed E-state index contributed by atoms with van der Waals surface area (Å²) >= 11 is 0. The smallest absolute Gasteiger partial charge is 0.416 e. The highest BCUT2D eigenvalue weighted by Crippen LogP contribution is 2.32. The van der Waals surface area contributed by atoms with Gasteiger partial charge in [-0.3, -0.25) is 4.79 Å². The average Bonchev–Trinajstić information content (AvgIpc) is 3.35. The second-order valence-electron chi connectivity index (χ2n) is 10.6. The van der Waals surface area contributed by atoms with Crippen LogP contribution in [0.1, 0.15) is 33.6 Å². The molecule has 2 heterocycles. The van der Waals surface area contributed by atoms with Crippen molar-refractivity contribution in [2.45, 2.75) is 26.6 Å². The van der Waals surface area contributed by atoms with Crippen molar-refractivity contribution < 1.29 is 17.9 Å². The zero-order valence-corrected chi connectivity index (χ0v) is 24.8. The number of halogens is 3. The molecule has 0 fully saturated rings. The Bertz CT molecular complexity index is 2210. The minimum absolute atomic E-state index is 0.00663. The molecule has 7 nitrogen and oxygen atoms in total. The summed E-state index contributed by atoms with van der Waals surface area (Å²) in [5, 5.41) is 14.1. The Kier molecular flexibility index (Phi) is 7.99. The normalized spacial score (nSPS) is 11.7. The lowest BCUT2D eigenvalue weighted by Crippen LogP contribution is -2.20. The zero-order valence-electron chi connectivity index (χ0n) is 24.8. The second-order valence-corrected chi connectivity index (χ2v) is 10.6. The Labute approximate surface area is 262 Å². The Morgan fingerprint density at radius 3 is 2.43 bits per heavy atom. The third-order valence-electron chi connectivity index (χ3n) is 7.61. The molecular formula is C36H26F3N5O2. The van der Waals surface area contributed by atoms with Crippen molar-refractivity contribution in [1.29, 1.82) is 5.26 Å². The van der Waals surface area contributed by atoms with E-state index in [-0.39, 0.29) is 18.0 Å². The van der Waals surface area contributed by atoms with Crippen LogP contribution in [-0.4, -0.2) is 20.4 Å². The molecule has 46 heavy (non-hydrogen) atoms. The first kappa shape index (κ1) is 30.1. The van der Waals surface area contributed by atoms with Crippen LogP contribution in [-0.2, 0) is 12.8 Å². The fourth-order valence-corrected chi connectivity index (χ4v) is 5.30. The monoisotopic (exact) mass is 617 g/mol. The lowest BCUT2D eigenvalue weighted by Gasteiger charge is -2.12. The summed E-state index contributed by atoms with van der Waals surface area (Å²) < 4.78 is 49.6. The first-order chi connectivity index (χ1) is 22.1. The largest absolute Gasteiger partial charge is 0.489 e. The quantitative estimate of drug-likeness (QED) is 0.171. The molecule has 0 saturated heterocycles. The molecule has 0 aliphatic carbocycles. The molecule has 0 atom stereocenters. The van der Waals surface area contributed by atoms with Crippen molar-refractivity contribution in [3.05, 3.63) is 147 Å². The molecular weight excluding hydrogens is 591 g/mol. The minimum atomic E-state index is -4.56. The van der Waals surface area contributed by atoms with E-state index in [1.807, 2.05) is 66.9 Å². The molecule has 4 aromatic carbocycles. The number of nitriles is 1. The maximum atomic E-state index is 13.6. The SMILES string of the molecule is Cc1cc(C=Nn2c(-c3cccc(C(F)(F)F)c3)nc3ccccc3c2=O)c(C)n1-c1ccc(OCc2ccccc2C#N)cc1. The van der Waals surface area contributed by atoms with Crippen LogP contribution in [0.15, 0.2) is 113 Å². The number of benzene rings is 4. The third kappa shape index (κ3) is 5.90. The second kappa shape index (κ2) is 12.2. The van der Waals surface area contributed by atoms with Gasteiger partial charge < -0.3 is 9.30 Å². The molecule has 0 saturated carbocycles. The molecule has 0 aliphatic rings. The molecule has 10 heteroatoms. The number of fused-ring (bicyclic) bond motifs is 1. The van der Waals surface area contributed by atoms with E-state index in [0.29, 0.717) is 27.8 Å². The van der Waals surface area contributed by atoms with Crippen LogP contribution in [0.2, 0.25) is 0 Å². The van der Waals surface area contributed by atoms with Gasteiger partial charge >= 0.3 is 6.18 Å². The van der Waals surface area contributed by atoms with E-state index in [2.05, 4.69) is 16.2 Å². The van der Waals surface area contributed by atoms with Crippen LogP contribution in [0, 0.1) is 25.2 Å². The number of aryl methyl sites for hydroxylation is 1. The third-order valence-corrected chi connectivity index (χ3v) is 7.61. The van der Waals surface area contributed by atoms with Gasteiger partial charge in [0.25, 0.3) is 5.56 Å². The summed E-state index contributed by atoms with van der Waals surface area (Å²) in [6, 6.07) is 30.2. The predicted molar refractivity (Wildman–Crippen MR) is 170 cm³/mol. The summed E-state index contributed by atoms with van der Waals surface area (Å²) in [5.74, 6) is 0.638. The highest BCUT2D eigenvalue weighted by Gasteiger charge is 2.31. The van der Waals surface area contributed by atoms with Crippen LogP contribution in [0.5, 0.6) is 5.75 Å². The van der Waals surface area contributed by atoms with E-state index in [4.69, 9.17) is 4.74 Å². The van der Waals surface area contributed by atoms with E-state index in [0.717, 1.165) is 39.4 Å². The van der Waals surface area contributed by atoms with Gasteiger partial charge in [0.2, 0.25) is 0 Å². The van der Waals surface area contributed by atoms with Crippen LogP contribution >= 0.6 is 0 Å². The van der Waals surface area contributed by atoms with Gasteiger partial charge in [-0.2, -0.15) is 28.2 Å². The van der Waals surface area contributed by atoms with Crippen molar-refractivity contribution >= 4 is 17.1 Å². The van der Waals surface area contributed by atoms with Gasteiger partial charge in [-0.05, 0) is 74.5 Å². The maximum absolute atomic E-state index is 13.6. The number of alkyl halides is 3. The predicted octanol–water partition coefficient (Wildman–Crippen LogP) is 7.82. The minimum Gasteiger partial charge on any atom is -0.489 e. The van der Waals surface area contributed by atoms with E-state index in [1.165, 1.54) is 18.3 Å². The molecule has 6 aromatic rings. The van der Waals surface area contributed by atoms with Gasteiger partial charge in [0.15, 0.2) is 5.82 Å². The zero-order chi connectivity index (χ0) is 32.4. The maximum Gasteiger partial charge on any atom is 0.416 e. The fraction of sp³-hybridized carbons (Fsp3) is 0.111. The number of para-hydroxylation sites is 1. The first-order valence-corrected chi connectivity index (χ1v) is 14.3. The van der Waals surface area contributed by atoms with Crippen molar-refractivity contribution in [2.24, 2.45) is 5.10 Å². The lowest BCUT2D eigenvalue weighted by molar-refractivity contribution is -0.137. The number of rotatable bonds is 7. The molecule has 228 valence electrons. The molecule has 0 aliphatic heterocycles. The molecule has 0 bridgehead atoms. The number of hydrogen-bond donors (Lipinski definition) is 0. The summed E-state index contributed by atoms with van der Waals surface area (Å²) in [7, 11) is 0. The van der Waals surface area contributed by atoms with Gasteiger partial charge in [0.05, 0.1) is 34.3 Å². The number of aromatic nitrogens is 3. The summed E-state index contributed by atoms with van der Waals surface area (Å²) in [6.07, 6.45) is -3.05. The standard InChI is InChI=1S/C36H26F3N5O2/c1-23-18-28(24(2)43(23)30-14-16-31(17-15-30)46-22-27-9-4-3-8-26(27)20-40)21-41-44-34(25-10-7-11-29(19-25)36(37,38)39)42-33-13-6-5-12-32(33)35(44)45/h3-19,21H,22H2,1-2H3. The van der Waals surface area contributed by atoms with Gasteiger partial charge in [0, 0.05) is 33.8 Å². The van der Waals surface area contributed by atoms with Crippen molar-refractivity contribution in [3.8, 4) is 28.9 Å². The van der Waals surface area contributed by atoms with Gasteiger partial charge in [0.1, 0.15) is 12.4 Å². The topological polar surface area (TPSA) is 85.2 Å². The van der Waals surface area contributed by atoms with Gasteiger partial charge in [-0.1, -0.05) is 42.5 Å². The van der Waals surface area contributed by atoms with Crippen LogP contribution in [0.4, 0.5) is 13.2 Å². The Morgan fingerprint density at radius 2 is 1.67 bits per heavy atom. The summed E-state index contributed by atoms with van der Waals surface area (Å²) in [6.45, 7) is 4.11. The molecule has 0 radical (unpaired) electrons. The molecule has 2 aromatic heterocycles. The molecule has 0 amide bonds. The fourth-order valence-electron chi connectivity index (χ4n) is 5.30. The van der Waals surface area contributed by atoms with E-state index in [9.17, 15) is 23.2 Å². The highest BCUT2D eigenvalue weighted by atomic mass is 19.4. The lowest BCUT2D eigenvalue weighted by atomic mass is 10.1. The summed E-state index contributed by atoms with van der Waals surface area (Å²) in [5.41, 5.74) is 3.78. The average molecular weight is 618 g/mol. The Hall–Kier alpha value is -5.95. The summed E-state index contributed by atoms with van der Waals surface area (Å²) in [4.78, 5) is 18.1. The van der Waals surface area contributed by atoms with Crippen LogP contribution < -0.4 is 10.3 Å². The van der Waals surface area contributed by atoms with Crippen LogP contribution in [0.25, 0.3) is 28.0 Å². The van der Waals surface area contributed by atoms with E-state index in [1.54, 1.807) is 30.3 Å². The van der Waals surface area contributed by atoms with Gasteiger partial charge in [-0.25, -0.2) is 4.98 Å². The van der Waals surface area contributed by atoms with Gasteiger partial charge in [-0.15, -0.1) is 0 Å². The van der Waals surface area contributed by atoms with Crippen molar-refractivity contribution in [3.63, 3.8) is 0 Å². The number of nitrogens with zero attached hydrogens (tertiary/aromatic N) is 5.